The van der Waals surface area contributed by atoms with Crippen LogP contribution in [0.25, 0.3) is 0 Å². The fourth-order valence-corrected chi connectivity index (χ4v) is 2.77. The summed E-state index contributed by atoms with van der Waals surface area (Å²) >= 11 is 1.45. The Labute approximate surface area is 143 Å². The zero-order chi connectivity index (χ0) is 16.9. The van der Waals surface area contributed by atoms with Gasteiger partial charge in [-0.3, -0.25) is 9.89 Å². The lowest BCUT2D eigenvalue weighted by Gasteiger charge is -2.13. The van der Waals surface area contributed by atoms with Gasteiger partial charge in [-0.1, -0.05) is 18.7 Å². The summed E-state index contributed by atoms with van der Waals surface area (Å²) in [5, 5.41) is 14.3. The number of hydrogen-bond acceptors (Lipinski definition) is 6. The first-order valence-electron chi connectivity index (χ1n) is 7.59. The molecule has 3 aromatic heterocycles. The molecule has 0 unspecified atom stereocenters. The third kappa shape index (κ3) is 3.67. The zero-order valence-electron chi connectivity index (χ0n) is 13.4. The van der Waals surface area contributed by atoms with Crippen LogP contribution in [0.5, 0.6) is 0 Å². The molecule has 0 radical (unpaired) electrons. The second-order valence-corrected chi connectivity index (χ2v) is 6.18. The fraction of sp³-hybridized carbons (Fsp3) is 0.333. The Morgan fingerprint density at radius 3 is 3.08 bits per heavy atom. The van der Waals surface area contributed by atoms with Gasteiger partial charge in [0.2, 0.25) is 0 Å². The lowest BCUT2D eigenvalue weighted by Crippen LogP contribution is -2.17. The maximum atomic E-state index is 12.3. The molecule has 126 valence electrons. The number of amides is 1. The van der Waals surface area contributed by atoms with E-state index in [0.717, 1.165) is 6.42 Å². The molecular formula is C15H18N6O2S. The molecule has 0 saturated heterocycles. The smallest absolute Gasteiger partial charge is 0.292 e. The van der Waals surface area contributed by atoms with Gasteiger partial charge >= 0.3 is 0 Å². The standard InChI is InChI=1S/C15H18N6O2S/c1-3-10(2)21-13(6-7-18-21)19-14(22)12-5-4-11(23-12)8-24-15-16-9-17-20-15/h4-7,9-10H,3,8H2,1-2H3,(H,19,22)(H,16,17,20)/t10-/m1/s1. The summed E-state index contributed by atoms with van der Waals surface area (Å²) in [6.07, 6.45) is 4.04. The van der Waals surface area contributed by atoms with Crippen molar-refractivity contribution in [2.45, 2.75) is 37.2 Å². The van der Waals surface area contributed by atoms with E-state index in [1.165, 1.54) is 18.1 Å². The van der Waals surface area contributed by atoms with Crippen LogP contribution in [0.15, 0.2) is 40.3 Å². The number of carbonyl (C=O) groups excluding carboxylic acids is 1. The molecule has 0 bridgehead atoms. The second-order valence-electron chi connectivity index (χ2n) is 5.22. The molecule has 1 amide bonds. The minimum atomic E-state index is -0.295. The van der Waals surface area contributed by atoms with Gasteiger partial charge in [-0.15, -0.1) is 0 Å². The topological polar surface area (TPSA) is 102 Å². The fourth-order valence-electron chi connectivity index (χ4n) is 2.10. The van der Waals surface area contributed by atoms with Crippen LogP contribution >= 0.6 is 11.8 Å². The van der Waals surface area contributed by atoms with E-state index in [1.807, 2.05) is 6.92 Å². The van der Waals surface area contributed by atoms with Gasteiger partial charge < -0.3 is 9.73 Å². The number of rotatable bonds is 7. The highest BCUT2D eigenvalue weighted by Gasteiger charge is 2.15. The van der Waals surface area contributed by atoms with Crippen LogP contribution in [0.1, 0.15) is 42.6 Å². The highest BCUT2D eigenvalue weighted by Crippen LogP contribution is 2.21. The van der Waals surface area contributed by atoms with E-state index in [0.29, 0.717) is 22.5 Å². The number of hydrogen-bond donors (Lipinski definition) is 2. The zero-order valence-corrected chi connectivity index (χ0v) is 14.2. The summed E-state index contributed by atoms with van der Waals surface area (Å²) in [7, 11) is 0. The molecule has 0 fully saturated rings. The summed E-state index contributed by atoms with van der Waals surface area (Å²) < 4.78 is 7.39. The number of nitrogens with zero attached hydrogens (tertiary/aromatic N) is 4. The molecule has 8 nitrogen and oxygen atoms in total. The third-order valence-electron chi connectivity index (χ3n) is 3.55. The van der Waals surface area contributed by atoms with Gasteiger partial charge in [-0.2, -0.15) is 10.2 Å². The first-order chi connectivity index (χ1) is 11.7. The normalized spacial score (nSPS) is 12.2. The van der Waals surface area contributed by atoms with E-state index >= 15 is 0 Å². The first kappa shape index (κ1) is 16.3. The van der Waals surface area contributed by atoms with Gasteiger partial charge in [0, 0.05) is 6.07 Å². The molecule has 3 heterocycles. The van der Waals surface area contributed by atoms with Crippen molar-refractivity contribution in [2.75, 3.05) is 5.32 Å². The Kier molecular flexibility index (Phi) is 4.99. The minimum Gasteiger partial charge on any atom is -0.455 e. The van der Waals surface area contributed by atoms with Crippen LogP contribution in [-0.2, 0) is 5.75 Å². The molecule has 1 atom stereocenters. The number of H-pyrrole nitrogens is 1. The maximum Gasteiger partial charge on any atom is 0.292 e. The summed E-state index contributed by atoms with van der Waals surface area (Å²) in [5.41, 5.74) is 0. The Morgan fingerprint density at radius 1 is 1.46 bits per heavy atom. The summed E-state index contributed by atoms with van der Waals surface area (Å²) in [5.74, 6) is 1.88. The number of thioether (sulfide) groups is 1. The molecule has 3 rings (SSSR count). The number of anilines is 1. The maximum absolute atomic E-state index is 12.3. The Balaban J connectivity index is 1.62. The number of aromatic amines is 1. The summed E-state index contributed by atoms with van der Waals surface area (Å²) in [6.45, 7) is 4.12. The molecule has 0 spiro atoms. The van der Waals surface area contributed by atoms with Crippen LogP contribution < -0.4 is 5.32 Å². The van der Waals surface area contributed by atoms with E-state index in [4.69, 9.17) is 4.42 Å². The van der Waals surface area contributed by atoms with Gasteiger partial charge in [0.1, 0.15) is 17.9 Å². The van der Waals surface area contributed by atoms with Gasteiger partial charge in [0.15, 0.2) is 10.9 Å². The van der Waals surface area contributed by atoms with Crippen LogP contribution in [0, 0.1) is 0 Å². The van der Waals surface area contributed by atoms with Gasteiger partial charge in [-0.25, -0.2) is 9.67 Å². The van der Waals surface area contributed by atoms with E-state index < -0.39 is 0 Å². The van der Waals surface area contributed by atoms with Crippen molar-refractivity contribution >= 4 is 23.5 Å². The van der Waals surface area contributed by atoms with Gasteiger partial charge in [-0.05, 0) is 25.5 Å². The van der Waals surface area contributed by atoms with E-state index in [2.05, 4.69) is 32.5 Å². The average Bonchev–Trinajstić information content (AvgIpc) is 3.33. The molecule has 24 heavy (non-hydrogen) atoms. The van der Waals surface area contributed by atoms with Crippen molar-refractivity contribution in [3.8, 4) is 0 Å². The number of furan rings is 1. The average molecular weight is 346 g/mol. The van der Waals surface area contributed by atoms with Crippen LogP contribution in [0.2, 0.25) is 0 Å². The monoisotopic (exact) mass is 346 g/mol. The predicted molar refractivity (Wildman–Crippen MR) is 89.8 cm³/mol. The largest absolute Gasteiger partial charge is 0.455 e. The van der Waals surface area contributed by atoms with Crippen molar-refractivity contribution in [1.82, 2.24) is 25.0 Å². The quantitative estimate of drug-likeness (QED) is 0.637. The van der Waals surface area contributed by atoms with Crippen molar-refractivity contribution in [3.05, 3.63) is 42.2 Å². The van der Waals surface area contributed by atoms with E-state index in [-0.39, 0.29) is 17.7 Å². The Hall–Kier alpha value is -2.55. The van der Waals surface area contributed by atoms with Crippen LogP contribution in [0.3, 0.4) is 0 Å². The lowest BCUT2D eigenvalue weighted by atomic mass is 10.3. The van der Waals surface area contributed by atoms with Crippen molar-refractivity contribution < 1.29 is 9.21 Å². The molecule has 0 saturated carbocycles. The highest BCUT2D eigenvalue weighted by atomic mass is 32.2. The molecular weight excluding hydrogens is 328 g/mol. The van der Waals surface area contributed by atoms with E-state index in [9.17, 15) is 4.79 Å². The second kappa shape index (κ2) is 7.35. The molecule has 0 aromatic carbocycles. The molecule has 3 aromatic rings. The van der Waals surface area contributed by atoms with Gasteiger partial charge in [0.05, 0.1) is 18.0 Å². The highest BCUT2D eigenvalue weighted by molar-refractivity contribution is 7.98. The first-order valence-corrected chi connectivity index (χ1v) is 8.57. The van der Waals surface area contributed by atoms with Crippen molar-refractivity contribution in [2.24, 2.45) is 0 Å². The molecule has 0 aliphatic rings. The lowest BCUT2D eigenvalue weighted by molar-refractivity contribution is 0.0994. The SMILES string of the molecule is CC[C@@H](C)n1nccc1NC(=O)c1ccc(CSc2ncn[nH]2)o1. The number of nitrogens with one attached hydrogen (secondary N) is 2. The number of aromatic nitrogens is 5. The molecule has 9 heteroatoms. The summed E-state index contributed by atoms with van der Waals surface area (Å²) in [6, 6.07) is 5.42. The van der Waals surface area contributed by atoms with Crippen LogP contribution in [-0.4, -0.2) is 30.9 Å². The Bertz CT molecular complexity index is 795. The van der Waals surface area contributed by atoms with Crippen LogP contribution in [0.4, 0.5) is 5.82 Å². The predicted octanol–water partition coefficient (Wildman–Crippen LogP) is 3.11. The minimum absolute atomic E-state index is 0.209. The third-order valence-corrected chi connectivity index (χ3v) is 4.45. The number of carbonyl (C=O) groups is 1. The van der Waals surface area contributed by atoms with E-state index in [1.54, 1.807) is 29.1 Å². The Morgan fingerprint density at radius 2 is 2.33 bits per heavy atom. The summed E-state index contributed by atoms with van der Waals surface area (Å²) in [4.78, 5) is 16.4. The van der Waals surface area contributed by atoms with Crippen molar-refractivity contribution in [1.29, 1.82) is 0 Å². The molecule has 2 N–H and O–H groups in total. The molecule has 0 aliphatic carbocycles. The molecule has 0 aliphatic heterocycles. The van der Waals surface area contributed by atoms with Crippen molar-refractivity contribution in [3.63, 3.8) is 0 Å². The van der Waals surface area contributed by atoms with Gasteiger partial charge in [0.25, 0.3) is 5.91 Å².